The van der Waals surface area contributed by atoms with Gasteiger partial charge in [0.25, 0.3) is 0 Å². The van der Waals surface area contributed by atoms with Gasteiger partial charge in [-0.2, -0.15) is 0 Å². The van der Waals surface area contributed by atoms with E-state index >= 15 is 0 Å². The third-order valence-corrected chi connectivity index (χ3v) is 2.43. The average Bonchev–Trinajstić information content (AvgIpc) is 2.34. The standard InChI is InChI=1S/C13H12FN3O/c1-8-6-9(2-3-11(8)14)18-12-7-17-5-4-10(12)13(15)16/h2-7H,1H3,(H3,15,16). The van der Waals surface area contributed by atoms with Gasteiger partial charge in [-0.3, -0.25) is 10.4 Å². The molecule has 0 amide bonds. The molecule has 4 nitrogen and oxygen atoms in total. The van der Waals surface area contributed by atoms with E-state index in [4.69, 9.17) is 15.9 Å². The van der Waals surface area contributed by atoms with Crippen LogP contribution >= 0.6 is 0 Å². The molecule has 0 saturated carbocycles. The van der Waals surface area contributed by atoms with Crippen molar-refractivity contribution in [3.8, 4) is 11.5 Å². The fourth-order valence-electron chi connectivity index (χ4n) is 1.49. The lowest BCUT2D eigenvalue weighted by Gasteiger charge is -2.10. The highest BCUT2D eigenvalue weighted by Crippen LogP contribution is 2.25. The second-order valence-corrected chi connectivity index (χ2v) is 3.80. The van der Waals surface area contributed by atoms with Gasteiger partial charge in [0.05, 0.1) is 11.8 Å². The molecule has 5 heteroatoms. The largest absolute Gasteiger partial charge is 0.455 e. The van der Waals surface area contributed by atoms with Crippen molar-refractivity contribution >= 4 is 5.84 Å². The molecule has 1 aromatic heterocycles. The topological polar surface area (TPSA) is 72.0 Å². The molecular formula is C13H12FN3O. The minimum absolute atomic E-state index is 0.105. The predicted molar refractivity (Wildman–Crippen MR) is 66.5 cm³/mol. The van der Waals surface area contributed by atoms with Gasteiger partial charge in [0.15, 0.2) is 5.75 Å². The third kappa shape index (κ3) is 2.45. The fraction of sp³-hybridized carbons (Fsp3) is 0.0769. The molecule has 0 atom stereocenters. The molecule has 0 saturated heterocycles. The summed E-state index contributed by atoms with van der Waals surface area (Å²) in [6, 6.07) is 6.01. The number of pyridine rings is 1. The first-order chi connectivity index (χ1) is 8.58. The van der Waals surface area contributed by atoms with Crippen LogP contribution in [0.5, 0.6) is 11.5 Å². The Hall–Kier alpha value is -2.43. The Morgan fingerprint density at radius 2 is 2.17 bits per heavy atom. The Bertz CT molecular complexity index is 599. The Morgan fingerprint density at radius 3 is 2.83 bits per heavy atom. The highest BCUT2D eigenvalue weighted by atomic mass is 19.1. The summed E-state index contributed by atoms with van der Waals surface area (Å²) in [6.45, 7) is 1.65. The SMILES string of the molecule is Cc1cc(Oc2cnccc2C(=N)N)ccc1F. The molecular weight excluding hydrogens is 233 g/mol. The fourth-order valence-corrected chi connectivity index (χ4v) is 1.49. The zero-order valence-electron chi connectivity index (χ0n) is 9.77. The number of nitrogen functional groups attached to an aromatic ring is 1. The summed E-state index contributed by atoms with van der Waals surface area (Å²) in [6.07, 6.45) is 2.99. The number of halogens is 1. The number of ether oxygens (including phenoxy) is 1. The van der Waals surface area contributed by atoms with Crippen molar-refractivity contribution in [3.63, 3.8) is 0 Å². The van der Waals surface area contributed by atoms with Crippen LogP contribution < -0.4 is 10.5 Å². The van der Waals surface area contributed by atoms with Gasteiger partial charge in [0.2, 0.25) is 0 Å². The molecule has 0 aliphatic rings. The number of rotatable bonds is 3. The minimum atomic E-state index is -0.291. The molecule has 0 bridgehead atoms. The van der Waals surface area contributed by atoms with E-state index in [9.17, 15) is 4.39 Å². The highest BCUT2D eigenvalue weighted by Gasteiger charge is 2.08. The molecule has 2 rings (SSSR count). The van der Waals surface area contributed by atoms with E-state index in [-0.39, 0.29) is 11.7 Å². The highest BCUT2D eigenvalue weighted by molar-refractivity contribution is 5.97. The van der Waals surface area contributed by atoms with E-state index in [1.54, 1.807) is 19.1 Å². The molecule has 18 heavy (non-hydrogen) atoms. The van der Waals surface area contributed by atoms with Gasteiger partial charge < -0.3 is 10.5 Å². The van der Waals surface area contributed by atoms with Gasteiger partial charge in [0.1, 0.15) is 17.4 Å². The molecule has 0 fully saturated rings. The van der Waals surface area contributed by atoms with E-state index in [0.717, 1.165) is 0 Å². The van der Waals surface area contributed by atoms with E-state index in [1.807, 2.05) is 0 Å². The second-order valence-electron chi connectivity index (χ2n) is 3.80. The molecule has 1 heterocycles. The number of hydrogen-bond donors (Lipinski definition) is 2. The number of benzene rings is 1. The van der Waals surface area contributed by atoms with Crippen molar-refractivity contribution in [3.05, 3.63) is 53.6 Å². The first-order valence-electron chi connectivity index (χ1n) is 5.30. The zero-order chi connectivity index (χ0) is 13.1. The smallest absolute Gasteiger partial charge is 0.156 e. The number of aryl methyl sites for hydroxylation is 1. The van der Waals surface area contributed by atoms with Gasteiger partial charge >= 0.3 is 0 Å². The van der Waals surface area contributed by atoms with E-state index in [2.05, 4.69) is 4.98 Å². The molecule has 0 radical (unpaired) electrons. The second kappa shape index (κ2) is 4.83. The number of amidine groups is 1. The molecule has 0 aliphatic heterocycles. The lowest BCUT2D eigenvalue weighted by molar-refractivity contribution is 0.476. The molecule has 92 valence electrons. The predicted octanol–water partition coefficient (Wildman–Crippen LogP) is 2.61. The summed E-state index contributed by atoms with van der Waals surface area (Å²) >= 11 is 0. The Morgan fingerprint density at radius 1 is 1.39 bits per heavy atom. The minimum Gasteiger partial charge on any atom is -0.455 e. The summed E-state index contributed by atoms with van der Waals surface area (Å²) < 4.78 is 18.7. The lowest BCUT2D eigenvalue weighted by Crippen LogP contribution is -2.12. The Kier molecular flexibility index (Phi) is 3.23. The molecule has 2 aromatic rings. The van der Waals surface area contributed by atoms with E-state index < -0.39 is 0 Å². The van der Waals surface area contributed by atoms with Gasteiger partial charge in [-0.15, -0.1) is 0 Å². The zero-order valence-corrected chi connectivity index (χ0v) is 9.77. The van der Waals surface area contributed by atoms with Gasteiger partial charge in [-0.1, -0.05) is 0 Å². The van der Waals surface area contributed by atoms with Crippen LogP contribution in [0.25, 0.3) is 0 Å². The van der Waals surface area contributed by atoms with Crippen LogP contribution in [0.4, 0.5) is 4.39 Å². The number of aromatic nitrogens is 1. The monoisotopic (exact) mass is 245 g/mol. The summed E-state index contributed by atoms with van der Waals surface area (Å²) in [4.78, 5) is 3.91. The van der Waals surface area contributed by atoms with Crippen molar-refractivity contribution in [1.29, 1.82) is 5.41 Å². The van der Waals surface area contributed by atoms with E-state index in [0.29, 0.717) is 22.6 Å². The van der Waals surface area contributed by atoms with Crippen LogP contribution in [0.15, 0.2) is 36.7 Å². The summed E-state index contributed by atoms with van der Waals surface area (Å²) in [5.41, 5.74) is 6.38. The van der Waals surface area contributed by atoms with Crippen LogP contribution in [0, 0.1) is 18.2 Å². The van der Waals surface area contributed by atoms with Crippen LogP contribution in [-0.4, -0.2) is 10.8 Å². The van der Waals surface area contributed by atoms with E-state index in [1.165, 1.54) is 24.5 Å². The first-order valence-corrected chi connectivity index (χ1v) is 5.30. The molecule has 1 aromatic carbocycles. The summed E-state index contributed by atoms with van der Waals surface area (Å²) in [7, 11) is 0. The van der Waals surface area contributed by atoms with Crippen molar-refractivity contribution in [2.75, 3.05) is 0 Å². The number of nitrogens with two attached hydrogens (primary N) is 1. The van der Waals surface area contributed by atoms with Crippen LogP contribution in [-0.2, 0) is 0 Å². The number of nitrogens with zero attached hydrogens (tertiary/aromatic N) is 1. The van der Waals surface area contributed by atoms with Crippen molar-refractivity contribution in [1.82, 2.24) is 4.98 Å². The van der Waals surface area contributed by atoms with Gasteiger partial charge in [0, 0.05) is 6.20 Å². The molecule has 0 aliphatic carbocycles. The van der Waals surface area contributed by atoms with Crippen LogP contribution in [0.2, 0.25) is 0 Å². The van der Waals surface area contributed by atoms with Crippen LogP contribution in [0.3, 0.4) is 0 Å². The molecule has 0 unspecified atom stereocenters. The Labute approximate surface area is 104 Å². The average molecular weight is 245 g/mol. The van der Waals surface area contributed by atoms with Crippen molar-refractivity contribution in [2.24, 2.45) is 5.73 Å². The number of nitrogens with one attached hydrogen (secondary N) is 1. The maximum Gasteiger partial charge on any atom is 0.156 e. The Balaban J connectivity index is 2.34. The summed E-state index contributed by atoms with van der Waals surface area (Å²) in [5.74, 6) is 0.451. The quantitative estimate of drug-likeness (QED) is 0.645. The van der Waals surface area contributed by atoms with Crippen LogP contribution in [0.1, 0.15) is 11.1 Å². The summed E-state index contributed by atoms with van der Waals surface area (Å²) in [5, 5.41) is 7.43. The molecule has 0 spiro atoms. The maximum atomic E-state index is 13.1. The van der Waals surface area contributed by atoms with Crippen molar-refractivity contribution in [2.45, 2.75) is 6.92 Å². The van der Waals surface area contributed by atoms with Gasteiger partial charge in [-0.05, 0) is 36.8 Å². The first kappa shape index (κ1) is 12.0. The lowest BCUT2D eigenvalue weighted by atomic mass is 10.2. The third-order valence-electron chi connectivity index (χ3n) is 2.43. The number of hydrogen-bond acceptors (Lipinski definition) is 3. The molecule has 3 N–H and O–H groups in total. The normalized spacial score (nSPS) is 10.1. The van der Waals surface area contributed by atoms with Crippen molar-refractivity contribution < 1.29 is 9.13 Å². The van der Waals surface area contributed by atoms with Gasteiger partial charge in [-0.25, -0.2) is 4.39 Å². The maximum absolute atomic E-state index is 13.1.